The Balaban J connectivity index is 1.54. The fraction of sp³-hybridized carbons (Fsp3) is 0.240. The number of anilines is 1. The molecule has 0 radical (unpaired) electrons. The third-order valence-electron chi connectivity index (χ3n) is 5.93. The van der Waals surface area contributed by atoms with E-state index < -0.39 is 11.7 Å². The summed E-state index contributed by atoms with van der Waals surface area (Å²) >= 11 is 0. The first-order valence-corrected chi connectivity index (χ1v) is 10.9. The summed E-state index contributed by atoms with van der Waals surface area (Å²) in [5.41, 5.74) is 3.53. The van der Waals surface area contributed by atoms with Gasteiger partial charge in [-0.25, -0.2) is 14.4 Å². The van der Waals surface area contributed by atoms with Crippen molar-refractivity contribution in [1.82, 2.24) is 20.2 Å². The highest BCUT2D eigenvalue weighted by atomic mass is 19.1. The van der Waals surface area contributed by atoms with E-state index >= 15 is 4.39 Å². The van der Waals surface area contributed by atoms with E-state index in [0.717, 1.165) is 30.4 Å². The SMILES string of the molecule is COc1ccc(C(C=O)c2ccc(F)c(-c3ncnc4cc(N5CCOCC5)ccc34)c2)nn1. The lowest BCUT2D eigenvalue weighted by atomic mass is 9.93. The first-order valence-electron chi connectivity index (χ1n) is 10.9. The van der Waals surface area contributed by atoms with Crippen molar-refractivity contribution in [3.63, 3.8) is 0 Å². The number of morpholine rings is 1. The van der Waals surface area contributed by atoms with Crippen molar-refractivity contribution in [3.8, 4) is 17.1 Å². The summed E-state index contributed by atoms with van der Waals surface area (Å²) in [6.45, 7) is 2.98. The van der Waals surface area contributed by atoms with Crippen molar-refractivity contribution >= 4 is 22.9 Å². The number of aromatic nitrogens is 4. The molecule has 4 aromatic rings. The number of nitrogens with zero attached hydrogens (tertiary/aromatic N) is 5. The summed E-state index contributed by atoms with van der Waals surface area (Å²) in [7, 11) is 1.49. The van der Waals surface area contributed by atoms with E-state index in [4.69, 9.17) is 9.47 Å². The Hall–Kier alpha value is -3.98. The van der Waals surface area contributed by atoms with Crippen LogP contribution in [0.25, 0.3) is 22.2 Å². The molecule has 172 valence electrons. The van der Waals surface area contributed by atoms with Gasteiger partial charge in [-0.15, -0.1) is 5.10 Å². The van der Waals surface area contributed by atoms with Gasteiger partial charge in [0.15, 0.2) is 0 Å². The monoisotopic (exact) mass is 459 g/mol. The van der Waals surface area contributed by atoms with Gasteiger partial charge in [0.05, 0.1) is 43.1 Å². The molecule has 0 saturated carbocycles. The van der Waals surface area contributed by atoms with E-state index in [1.165, 1.54) is 19.5 Å². The highest BCUT2D eigenvalue weighted by molar-refractivity contribution is 5.94. The molecule has 2 aromatic carbocycles. The summed E-state index contributed by atoms with van der Waals surface area (Å²) in [5, 5.41) is 8.75. The Morgan fingerprint density at radius 3 is 2.65 bits per heavy atom. The van der Waals surface area contributed by atoms with Crippen LogP contribution in [0, 0.1) is 5.82 Å². The maximum Gasteiger partial charge on any atom is 0.233 e. The Morgan fingerprint density at radius 2 is 1.91 bits per heavy atom. The molecule has 1 fully saturated rings. The molecule has 1 aliphatic heterocycles. The van der Waals surface area contributed by atoms with Gasteiger partial charge in [0.1, 0.15) is 18.4 Å². The summed E-state index contributed by atoms with van der Waals surface area (Å²) in [6, 6.07) is 13.7. The molecule has 9 heteroatoms. The molecule has 0 spiro atoms. The average Bonchev–Trinajstić information content (AvgIpc) is 2.90. The summed E-state index contributed by atoms with van der Waals surface area (Å²) < 4.78 is 25.5. The van der Waals surface area contributed by atoms with Crippen molar-refractivity contribution in [2.24, 2.45) is 0 Å². The first-order chi connectivity index (χ1) is 16.7. The molecule has 0 bridgehead atoms. The van der Waals surface area contributed by atoms with Crippen molar-refractivity contribution in [3.05, 3.63) is 71.9 Å². The van der Waals surface area contributed by atoms with Gasteiger partial charge in [0.25, 0.3) is 0 Å². The molecule has 0 N–H and O–H groups in total. The summed E-state index contributed by atoms with van der Waals surface area (Å²) in [6.07, 6.45) is 2.19. The highest BCUT2D eigenvalue weighted by Gasteiger charge is 2.20. The number of rotatable bonds is 6. The Kier molecular flexibility index (Phi) is 6.09. The number of benzene rings is 2. The number of ether oxygens (including phenoxy) is 2. The molecule has 1 unspecified atom stereocenters. The molecular weight excluding hydrogens is 437 g/mol. The van der Waals surface area contributed by atoms with Crippen LogP contribution < -0.4 is 9.64 Å². The molecule has 3 heterocycles. The quantitative estimate of drug-likeness (QED) is 0.405. The zero-order chi connectivity index (χ0) is 23.5. The maximum atomic E-state index is 15.0. The van der Waals surface area contributed by atoms with Crippen LogP contribution in [0.1, 0.15) is 17.2 Å². The van der Waals surface area contributed by atoms with Crippen LogP contribution >= 0.6 is 0 Å². The zero-order valence-corrected chi connectivity index (χ0v) is 18.5. The maximum absolute atomic E-state index is 15.0. The highest BCUT2D eigenvalue weighted by Crippen LogP contribution is 2.33. The first kappa shape index (κ1) is 21.8. The van der Waals surface area contributed by atoms with Gasteiger partial charge >= 0.3 is 0 Å². The molecule has 34 heavy (non-hydrogen) atoms. The predicted octanol–water partition coefficient (Wildman–Crippen LogP) is 3.40. The number of carbonyl (C=O) groups is 1. The van der Waals surface area contributed by atoms with E-state index in [2.05, 4.69) is 25.1 Å². The second-order valence-corrected chi connectivity index (χ2v) is 7.88. The second-order valence-electron chi connectivity index (χ2n) is 7.88. The van der Waals surface area contributed by atoms with Crippen molar-refractivity contribution in [2.75, 3.05) is 38.3 Å². The minimum atomic E-state index is -0.709. The number of aldehydes is 1. The van der Waals surface area contributed by atoms with E-state index in [9.17, 15) is 4.79 Å². The van der Waals surface area contributed by atoms with Crippen molar-refractivity contribution < 1.29 is 18.7 Å². The van der Waals surface area contributed by atoms with Crippen LogP contribution in [-0.4, -0.2) is 59.9 Å². The van der Waals surface area contributed by atoms with Gasteiger partial charge in [0, 0.05) is 35.8 Å². The lowest BCUT2D eigenvalue weighted by molar-refractivity contribution is -0.108. The molecule has 1 aliphatic rings. The van der Waals surface area contributed by atoms with E-state index in [0.29, 0.717) is 41.6 Å². The van der Waals surface area contributed by atoms with Crippen LogP contribution in [0.15, 0.2) is 54.9 Å². The number of hydrogen-bond donors (Lipinski definition) is 0. The van der Waals surface area contributed by atoms with Crippen LogP contribution in [0.5, 0.6) is 5.88 Å². The standard InChI is InChI=1S/C25H22FN5O3/c1-33-24-7-6-22(29-30-24)20(14-32)16-2-5-21(26)19(12-16)25-18-4-3-17(13-23(18)27-15-28-25)31-8-10-34-11-9-31/h2-7,12-15,20H,8-11H2,1H3. The Bertz CT molecular complexity index is 1330. The molecular formula is C25H22FN5O3. The van der Waals surface area contributed by atoms with Crippen LogP contribution in [-0.2, 0) is 9.53 Å². The van der Waals surface area contributed by atoms with E-state index in [1.807, 2.05) is 18.2 Å². The largest absolute Gasteiger partial charge is 0.480 e. The van der Waals surface area contributed by atoms with Gasteiger partial charge in [0.2, 0.25) is 5.88 Å². The van der Waals surface area contributed by atoms with Gasteiger partial charge in [-0.05, 0) is 42.0 Å². The third kappa shape index (κ3) is 4.17. The van der Waals surface area contributed by atoms with Gasteiger partial charge < -0.3 is 19.2 Å². The smallest absolute Gasteiger partial charge is 0.233 e. The summed E-state index contributed by atoms with van der Waals surface area (Å²) in [4.78, 5) is 23.0. The fourth-order valence-electron chi connectivity index (χ4n) is 4.12. The number of hydrogen-bond acceptors (Lipinski definition) is 8. The molecule has 5 rings (SSSR count). The molecule has 0 aliphatic carbocycles. The lowest BCUT2D eigenvalue weighted by Gasteiger charge is -2.29. The van der Waals surface area contributed by atoms with Gasteiger partial charge in [-0.2, -0.15) is 5.10 Å². The zero-order valence-electron chi connectivity index (χ0n) is 18.5. The van der Waals surface area contributed by atoms with Crippen LogP contribution in [0.2, 0.25) is 0 Å². The summed E-state index contributed by atoms with van der Waals surface area (Å²) in [5.74, 6) is -0.803. The van der Waals surface area contributed by atoms with Crippen LogP contribution in [0.3, 0.4) is 0 Å². The fourth-order valence-corrected chi connectivity index (χ4v) is 4.12. The number of fused-ring (bicyclic) bond motifs is 1. The van der Waals surface area contributed by atoms with E-state index in [1.54, 1.807) is 24.3 Å². The minimum absolute atomic E-state index is 0.289. The number of methoxy groups -OCH3 is 1. The normalized spacial score (nSPS) is 14.7. The molecule has 8 nitrogen and oxygen atoms in total. The average molecular weight is 459 g/mol. The Morgan fingerprint density at radius 1 is 1.06 bits per heavy atom. The number of halogens is 1. The molecule has 1 saturated heterocycles. The minimum Gasteiger partial charge on any atom is -0.480 e. The number of carbonyl (C=O) groups excluding carboxylic acids is 1. The van der Waals surface area contributed by atoms with Crippen molar-refractivity contribution in [2.45, 2.75) is 5.92 Å². The molecule has 0 amide bonds. The van der Waals surface area contributed by atoms with Gasteiger partial charge in [-0.1, -0.05) is 6.07 Å². The molecule has 2 aromatic heterocycles. The van der Waals surface area contributed by atoms with Gasteiger partial charge in [-0.3, -0.25) is 0 Å². The predicted molar refractivity (Wildman–Crippen MR) is 124 cm³/mol. The lowest BCUT2D eigenvalue weighted by Crippen LogP contribution is -2.36. The second kappa shape index (κ2) is 9.48. The Labute approximate surface area is 195 Å². The third-order valence-corrected chi connectivity index (χ3v) is 5.93. The van der Waals surface area contributed by atoms with Crippen molar-refractivity contribution in [1.29, 1.82) is 0 Å². The molecule has 1 atom stereocenters. The topological polar surface area (TPSA) is 90.3 Å². The van der Waals surface area contributed by atoms with E-state index in [-0.39, 0.29) is 5.56 Å². The van der Waals surface area contributed by atoms with Crippen LogP contribution in [0.4, 0.5) is 10.1 Å².